The van der Waals surface area contributed by atoms with Crippen LogP contribution in [0.5, 0.6) is 0 Å². The van der Waals surface area contributed by atoms with E-state index in [2.05, 4.69) is 6.58 Å². The standard InChI is InChI=1S/C25H15ClO3/c1-14-21-17-6-2-4-8-19(17)24(15-10-12-16(26)13-11-15)20-9-5-3-7-18(20)22(27)25(21,24)29-23(14)28/h2-13,21H,1H2/t21?,24-,25-/m0/s1. The van der Waals surface area contributed by atoms with Crippen molar-refractivity contribution in [3.05, 3.63) is 118 Å². The van der Waals surface area contributed by atoms with Gasteiger partial charge in [-0.1, -0.05) is 78.8 Å². The monoisotopic (exact) mass is 398 g/mol. The van der Waals surface area contributed by atoms with Crippen molar-refractivity contribution in [1.29, 1.82) is 0 Å². The number of Topliss-reactive ketones (excluding diaryl/α,β-unsaturated/α-hetero) is 1. The lowest BCUT2D eigenvalue weighted by Crippen LogP contribution is -2.52. The second-order valence-electron chi connectivity index (χ2n) is 7.80. The van der Waals surface area contributed by atoms with Crippen LogP contribution in [0, 0.1) is 0 Å². The van der Waals surface area contributed by atoms with Gasteiger partial charge in [-0.25, -0.2) is 4.79 Å². The van der Waals surface area contributed by atoms with Gasteiger partial charge in [0.15, 0.2) is 0 Å². The normalized spacial score (nSPS) is 28.6. The maximum Gasteiger partial charge on any atom is 0.335 e. The number of carbonyl (C=O) groups excluding carboxylic acids is 2. The molecule has 1 fully saturated rings. The molecule has 3 atom stereocenters. The number of benzene rings is 3. The first-order valence-electron chi connectivity index (χ1n) is 9.45. The lowest BCUT2D eigenvalue weighted by atomic mass is 9.64. The molecule has 0 aromatic heterocycles. The number of esters is 1. The van der Waals surface area contributed by atoms with E-state index in [1.54, 1.807) is 0 Å². The summed E-state index contributed by atoms with van der Waals surface area (Å²) in [5, 5.41) is 0.604. The summed E-state index contributed by atoms with van der Waals surface area (Å²) in [6.07, 6.45) is 0. The molecular weight excluding hydrogens is 384 g/mol. The number of fused-ring (bicyclic) bond motifs is 5. The van der Waals surface area contributed by atoms with Gasteiger partial charge in [-0.3, -0.25) is 4.79 Å². The molecule has 3 aromatic rings. The quantitative estimate of drug-likeness (QED) is 0.436. The topological polar surface area (TPSA) is 43.4 Å². The molecule has 140 valence electrons. The Morgan fingerprint density at radius 3 is 2.28 bits per heavy atom. The third-order valence-corrected chi connectivity index (χ3v) is 6.95. The van der Waals surface area contributed by atoms with Crippen molar-refractivity contribution in [2.45, 2.75) is 16.9 Å². The van der Waals surface area contributed by atoms with Gasteiger partial charge in [0.25, 0.3) is 0 Å². The van der Waals surface area contributed by atoms with Crippen LogP contribution in [0.3, 0.4) is 0 Å². The summed E-state index contributed by atoms with van der Waals surface area (Å²) in [4.78, 5) is 26.7. The Hall–Kier alpha value is -3.17. The van der Waals surface area contributed by atoms with Gasteiger partial charge in [0.05, 0.1) is 11.3 Å². The molecule has 0 saturated carbocycles. The first-order valence-corrected chi connectivity index (χ1v) is 9.83. The smallest absolute Gasteiger partial charge is 0.335 e. The van der Waals surface area contributed by atoms with Crippen molar-refractivity contribution in [3.8, 4) is 0 Å². The SMILES string of the molecule is C=C1C(=O)O[C@@]23C(=O)c4ccccc4[C@]2(c2ccc(Cl)cc2)c2ccccc2C13. The molecule has 3 aromatic carbocycles. The lowest BCUT2D eigenvalue weighted by molar-refractivity contribution is -0.145. The molecule has 2 aliphatic carbocycles. The van der Waals surface area contributed by atoms with Gasteiger partial charge in [-0.05, 0) is 34.4 Å². The maximum atomic E-state index is 13.9. The van der Waals surface area contributed by atoms with Crippen molar-refractivity contribution < 1.29 is 14.3 Å². The third kappa shape index (κ3) is 1.64. The number of carbonyl (C=O) groups is 2. The van der Waals surface area contributed by atoms with Crippen LogP contribution >= 0.6 is 11.6 Å². The summed E-state index contributed by atoms with van der Waals surface area (Å²) in [7, 11) is 0. The second kappa shape index (κ2) is 5.25. The summed E-state index contributed by atoms with van der Waals surface area (Å²) < 4.78 is 6.05. The number of ketones is 1. The van der Waals surface area contributed by atoms with Crippen LogP contribution in [-0.2, 0) is 14.9 Å². The minimum atomic E-state index is -1.40. The first kappa shape index (κ1) is 16.8. The van der Waals surface area contributed by atoms with Gasteiger partial charge in [0, 0.05) is 16.2 Å². The number of hydrogen-bond donors (Lipinski definition) is 0. The van der Waals surface area contributed by atoms with Crippen molar-refractivity contribution in [2.24, 2.45) is 0 Å². The zero-order valence-corrected chi connectivity index (χ0v) is 16.1. The highest BCUT2D eigenvalue weighted by molar-refractivity contribution is 6.30. The molecule has 1 heterocycles. The van der Waals surface area contributed by atoms with Crippen molar-refractivity contribution in [2.75, 3.05) is 0 Å². The van der Waals surface area contributed by atoms with E-state index < -0.39 is 22.9 Å². The molecule has 4 heteroatoms. The maximum absolute atomic E-state index is 13.9. The highest BCUT2D eigenvalue weighted by Gasteiger charge is 2.78. The number of ether oxygens (including phenoxy) is 1. The van der Waals surface area contributed by atoms with E-state index in [9.17, 15) is 9.59 Å². The molecule has 0 N–H and O–H groups in total. The minimum Gasteiger partial charge on any atom is -0.445 e. The first-order chi connectivity index (χ1) is 14.0. The fourth-order valence-corrected chi connectivity index (χ4v) is 5.88. The summed E-state index contributed by atoms with van der Waals surface area (Å²) in [6, 6.07) is 22.9. The van der Waals surface area contributed by atoms with E-state index in [4.69, 9.17) is 16.3 Å². The summed E-state index contributed by atoms with van der Waals surface area (Å²) in [5.41, 5.74) is 2.19. The molecule has 1 saturated heterocycles. The summed E-state index contributed by atoms with van der Waals surface area (Å²) in [6.45, 7) is 4.02. The van der Waals surface area contributed by atoms with Gasteiger partial charge in [-0.2, -0.15) is 0 Å². The molecule has 3 aliphatic rings. The fraction of sp³-hybridized carbons (Fsp3) is 0.120. The van der Waals surface area contributed by atoms with Gasteiger partial charge in [-0.15, -0.1) is 0 Å². The Morgan fingerprint density at radius 2 is 1.52 bits per heavy atom. The van der Waals surface area contributed by atoms with Crippen LogP contribution in [0.1, 0.15) is 38.5 Å². The molecule has 1 spiro atoms. The molecule has 0 bridgehead atoms. The van der Waals surface area contributed by atoms with Crippen LogP contribution in [0.25, 0.3) is 0 Å². The van der Waals surface area contributed by atoms with Crippen LogP contribution in [0.2, 0.25) is 5.02 Å². The molecule has 29 heavy (non-hydrogen) atoms. The van der Waals surface area contributed by atoms with E-state index in [0.717, 1.165) is 22.3 Å². The zero-order chi connectivity index (χ0) is 20.0. The predicted octanol–water partition coefficient (Wildman–Crippen LogP) is 4.82. The fourth-order valence-electron chi connectivity index (χ4n) is 5.75. The minimum absolute atomic E-state index is 0.170. The number of halogens is 1. The van der Waals surface area contributed by atoms with Crippen molar-refractivity contribution in [3.63, 3.8) is 0 Å². The lowest BCUT2D eigenvalue weighted by Gasteiger charge is -2.39. The Morgan fingerprint density at radius 1 is 0.862 bits per heavy atom. The van der Waals surface area contributed by atoms with Gasteiger partial charge in [0.1, 0.15) is 0 Å². The molecule has 1 aliphatic heterocycles. The molecule has 6 rings (SSSR count). The molecule has 1 unspecified atom stereocenters. The Labute approximate surface area is 172 Å². The van der Waals surface area contributed by atoms with Gasteiger partial charge >= 0.3 is 5.97 Å². The van der Waals surface area contributed by atoms with E-state index in [1.165, 1.54) is 0 Å². The molecular formula is C25H15ClO3. The highest BCUT2D eigenvalue weighted by Crippen LogP contribution is 2.70. The molecule has 3 nitrogen and oxygen atoms in total. The number of rotatable bonds is 1. The van der Waals surface area contributed by atoms with Crippen LogP contribution in [-0.4, -0.2) is 17.4 Å². The number of hydrogen-bond acceptors (Lipinski definition) is 3. The van der Waals surface area contributed by atoms with Crippen LogP contribution in [0.15, 0.2) is 84.9 Å². The largest absolute Gasteiger partial charge is 0.445 e. The van der Waals surface area contributed by atoms with E-state index in [-0.39, 0.29) is 5.78 Å². The van der Waals surface area contributed by atoms with Gasteiger partial charge in [0.2, 0.25) is 11.4 Å². The summed E-state index contributed by atoms with van der Waals surface area (Å²) >= 11 is 6.18. The Bertz CT molecular complexity index is 1260. The van der Waals surface area contributed by atoms with Crippen LogP contribution < -0.4 is 0 Å². The Balaban J connectivity index is 1.85. The average Bonchev–Trinajstić information content (AvgIpc) is 3.24. The van der Waals surface area contributed by atoms with E-state index in [0.29, 0.717) is 16.2 Å². The van der Waals surface area contributed by atoms with E-state index >= 15 is 0 Å². The van der Waals surface area contributed by atoms with Crippen molar-refractivity contribution in [1.82, 2.24) is 0 Å². The third-order valence-electron chi connectivity index (χ3n) is 6.69. The average molecular weight is 399 g/mol. The van der Waals surface area contributed by atoms with Crippen LogP contribution in [0.4, 0.5) is 0 Å². The van der Waals surface area contributed by atoms with Crippen molar-refractivity contribution >= 4 is 23.4 Å². The predicted molar refractivity (Wildman–Crippen MR) is 109 cm³/mol. The second-order valence-corrected chi connectivity index (χ2v) is 8.24. The Kier molecular flexibility index (Phi) is 3.03. The highest BCUT2D eigenvalue weighted by atomic mass is 35.5. The van der Waals surface area contributed by atoms with E-state index in [1.807, 2.05) is 72.8 Å². The molecule has 0 radical (unpaired) electrons. The molecule has 0 amide bonds. The summed E-state index contributed by atoms with van der Waals surface area (Å²) in [5.74, 6) is -1.21. The zero-order valence-electron chi connectivity index (χ0n) is 15.3. The van der Waals surface area contributed by atoms with Gasteiger partial charge < -0.3 is 4.74 Å².